The number of nitrogens with zero attached hydrogens (tertiary/aromatic N) is 3. The van der Waals surface area contributed by atoms with Crippen LogP contribution >= 0.6 is 11.3 Å². The molecule has 0 bridgehead atoms. The Hall–Kier alpha value is -4.31. The fourth-order valence-electron chi connectivity index (χ4n) is 2.76. The number of hydrogen-bond donors (Lipinski definition) is 1. The predicted octanol–water partition coefficient (Wildman–Crippen LogP) is 4.58. The lowest BCUT2D eigenvalue weighted by Crippen LogP contribution is -2.13. The highest BCUT2D eigenvalue weighted by atomic mass is 32.1. The van der Waals surface area contributed by atoms with Gasteiger partial charge >= 0.3 is 6.18 Å². The van der Waals surface area contributed by atoms with Crippen LogP contribution in [-0.2, 0) is 11.0 Å². The van der Waals surface area contributed by atoms with Crippen molar-refractivity contribution < 1.29 is 36.9 Å². The number of methoxy groups -OCH3 is 2. The fraction of sp³-hybridized carbons (Fsp3) is 0.217. The summed E-state index contributed by atoms with van der Waals surface area (Å²) in [5, 5.41) is 16.1. The summed E-state index contributed by atoms with van der Waals surface area (Å²) >= 11 is 0.151. The van der Waals surface area contributed by atoms with E-state index in [0.717, 1.165) is 0 Å². The standard InChI is InChI=1S/C23H19F3N4O5S/c1-32-16-4-3-5-17(12-16)34-8-9-35-18-7-6-14(11-19(18)33-2)10-15(13-27)20(31)28-22-30-29-21(36-22)23(24,25)26/h3-7,10-12H,8-9H2,1-2H3,(H,28,30,31). The van der Waals surface area contributed by atoms with Crippen LogP contribution in [0.1, 0.15) is 10.6 Å². The summed E-state index contributed by atoms with van der Waals surface area (Å²) in [6.07, 6.45) is -3.44. The molecule has 0 atom stereocenters. The molecule has 0 unspecified atom stereocenters. The van der Waals surface area contributed by atoms with E-state index in [0.29, 0.717) is 28.6 Å². The van der Waals surface area contributed by atoms with Gasteiger partial charge in [0.25, 0.3) is 5.91 Å². The van der Waals surface area contributed by atoms with E-state index < -0.39 is 17.1 Å². The largest absolute Gasteiger partial charge is 0.497 e. The average molecular weight is 520 g/mol. The number of ether oxygens (including phenoxy) is 4. The van der Waals surface area contributed by atoms with Crippen LogP contribution in [0.4, 0.5) is 18.3 Å². The number of hydrogen-bond acceptors (Lipinski definition) is 9. The lowest BCUT2D eigenvalue weighted by Gasteiger charge is -2.12. The van der Waals surface area contributed by atoms with E-state index in [1.54, 1.807) is 49.6 Å². The second kappa shape index (κ2) is 11.9. The number of nitriles is 1. The van der Waals surface area contributed by atoms with Gasteiger partial charge in [-0.05, 0) is 35.9 Å². The molecule has 2 aromatic carbocycles. The lowest BCUT2D eigenvalue weighted by atomic mass is 10.1. The third kappa shape index (κ3) is 7.09. The van der Waals surface area contributed by atoms with Crippen LogP contribution in [-0.4, -0.2) is 43.5 Å². The Labute approximate surface area is 207 Å². The third-order valence-electron chi connectivity index (χ3n) is 4.40. The number of anilines is 1. The van der Waals surface area contributed by atoms with Gasteiger partial charge in [-0.15, -0.1) is 10.2 Å². The van der Waals surface area contributed by atoms with Crippen molar-refractivity contribution in [2.45, 2.75) is 6.18 Å². The zero-order chi connectivity index (χ0) is 26.1. The molecule has 1 amide bonds. The van der Waals surface area contributed by atoms with Crippen LogP contribution in [0.5, 0.6) is 23.0 Å². The Bertz CT molecular complexity index is 1290. The highest BCUT2D eigenvalue weighted by Crippen LogP contribution is 2.33. The highest BCUT2D eigenvalue weighted by molar-refractivity contribution is 7.15. The summed E-state index contributed by atoms with van der Waals surface area (Å²) in [7, 11) is 2.99. The first-order valence-electron chi connectivity index (χ1n) is 10.1. The molecule has 13 heteroatoms. The van der Waals surface area contributed by atoms with Crippen molar-refractivity contribution in [3.63, 3.8) is 0 Å². The molecule has 188 valence electrons. The van der Waals surface area contributed by atoms with E-state index in [1.807, 2.05) is 0 Å². The molecule has 36 heavy (non-hydrogen) atoms. The minimum atomic E-state index is -4.68. The zero-order valence-electron chi connectivity index (χ0n) is 19.0. The molecule has 0 radical (unpaired) electrons. The molecule has 0 aliphatic rings. The molecular weight excluding hydrogens is 501 g/mol. The Morgan fingerprint density at radius 3 is 2.47 bits per heavy atom. The van der Waals surface area contributed by atoms with Gasteiger partial charge in [-0.3, -0.25) is 10.1 Å². The van der Waals surface area contributed by atoms with Gasteiger partial charge in [0.05, 0.1) is 14.2 Å². The van der Waals surface area contributed by atoms with E-state index in [4.69, 9.17) is 18.9 Å². The molecule has 0 fully saturated rings. The molecule has 0 aliphatic carbocycles. The summed E-state index contributed by atoms with van der Waals surface area (Å²) in [4.78, 5) is 12.3. The number of aromatic nitrogens is 2. The van der Waals surface area contributed by atoms with Gasteiger partial charge in [0.1, 0.15) is 36.4 Å². The normalized spacial score (nSPS) is 11.4. The molecule has 1 N–H and O–H groups in total. The summed E-state index contributed by atoms with van der Waals surface area (Å²) < 4.78 is 59.8. The summed E-state index contributed by atoms with van der Waals surface area (Å²) in [6.45, 7) is 0.453. The fourth-order valence-corrected chi connectivity index (χ4v) is 3.37. The van der Waals surface area contributed by atoms with Gasteiger partial charge in [0.2, 0.25) is 10.1 Å². The van der Waals surface area contributed by atoms with Crippen LogP contribution in [0.2, 0.25) is 0 Å². The van der Waals surface area contributed by atoms with Crippen LogP contribution in [0.3, 0.4) is 0 Å². The average Bonchev–Trinajstić information content (AvgIpc) is 3.34. The van der Waals surface area contributed by atoms with Crippen molar-refractivity contribution in [3.8, 4) is 29.1 Å². The maximum Gasteiger partial charge on any atom is 0.445 e. The second-order valence-electron chi connectivity index (χ2n) is 6.82. The number of nitrogens with one attached hydrogen (secondary N) is 1. The van der Waals surface area contributed by atoms with Crippen molar-refractivity contribution in [2.24, 2.45) is 0 Å². The van der Waals surface area contributed by atoms with Crippen LogP contribution in [0.25, 0.3) is 6.08 Å². The smallest absolute Gasteiger partial charge is 0.445 e. The van der Waals surface area contributed by atoms with Gasteiger partial charge in [0, 0.05) is 6.07 Å². The number of benzene rings is 2. The maximum absolute atomic E-state index is 12.7. The number of carbonyl (C=O) groups is 1. The maximum atomic E-state index is 12.7. The van der Waals surface area contributed by atoms with E-state index in [2.05, 4.69) is 15.5 Å². The van der Waals surface area contributed by atoms with Gasteiger partial charge in [0.15, 0.2) is 11.5 Å². The minimum absolute atomic E-state index is 0.151. The first-order chi connectivity index (χ1) is 17.2. The monoisotopic (exact) mass is 520 g/mol. The number of rotatable bonds is 10. The van der Waals surface area contributed by atoms with E-state index >= 15 is 0 Å². The highest BCUT2D eigenvalue weighted by Gasteiger charge is 2.35. The van der Waals surface area contributed by atoms with Crippen molar-refractivity contribution in [1.82, 2.24) is 10.2 Å². The summed E-state index contributed by atoms with van der Waals surface area (Å²) in [5.74, 6) is 1.09. The van der Waals surface area contributed by atoms with E-state index in [1.165, 1.54) is 19.3 Å². The summed E-state index contributed by atoms with van der Waals surface area (Å²) in [5.41, 5.74) is 0.0629. The van der Waals surface area contributed by atoms with Crippen LogP contribution in [0.15, 0.2) is 48.0 Å². The summed E-state index contributed by atoms with van der Waals surface area (Å²) in [6, 6.07) is 13.5. The Kier molecular flexibility index (Phi) is 8.69. The molecule has 3 rings (SSSR count). The van der Waals surface area contributed by atoms with Gasteiger partial charge in [-0.1, -0.05) is 23.5 Å². The Balaban J connectivity index is 1.62. The molecule has 0 saturated carbocycles. The van der Waals surface area contributed by atoms with Crippen molar-refractivity contribution in [1.29, 1.82) is 5.26 Å². The van der Waals surface area contributed by atoms with Crippen molar-refractivity contribution in [3.05, 3.63) is 58.6 Å². The second-order valence-corrected chi connectivity index (χ2v) is 7.80. The van der Waals surface area contributed by atoms with Crippen LogP contribution < -0.4 is 24.3 Å². The topological polar surface area (TPSA) is 116 Å². The van der Waals surface area contributed by atoms with E-state index in [-0.39, 0.29) is 35.3 Å². The molecule has 1 aromatic heterocycles. The van der Waals surface area contributed by atoms with E-state index in [9.17, 15) is 23.2 Å². The molecule has 3 aromatic rings. The zero-order valence-corrected chi connectivity index (χ0v) is 19.8. The SMILES string of the molecule is COc1cccc(OCCOc2ccc(C=C(C#N)C(=O)Nc3nnc(C(F)(F)F)s3)cc2OC)c1. The molecule has 0 aliphatic heterocycles. The number of carbonyl (C=O) groups excluding carboxylic acids is 1. The molecule has 1 heterocycles. The minimum Gasteiger partial charge on any atom is -0.497 e. The van der Waals surface area contributed by atoms with Crippen molar-refractivity contribution >= 4 is 28.5 Å². The van der Waals surface area contributed by atoms with Gasteiger partial charge in [-0.2, -0.15) is 18.4 Å². The molecule has 0 spiro atoms. The van der Waals surface area contributed by atoms with Crippen LogP contribution in [0, 0.1) is 11.3 Å². The Morgan fingerprint density at radius 2 is 1.81 bits per heavy atom. The number of amides is 1. The Morgan fingerprint density at radius 1 is 1.06 bits per heavy atom. The van der Waals surface area contributed by atoms with Gasteiger partial charge in [-0.25, -0.2) is 0 Å². The molecule has 0 saturated heterocycles. The molecular formula is C23H19F3N4O5S. The number of alkyl halides is 3. The first kappa shape index (κ1) is 26.3. The predicted molar refractivity (Wildman–Crippen MR) is 124 cm³/mol. The quantitative estimate of drug-likeness (QED) is 0.235. The third-order valence-corrected chi connectivity index (χ3v) is 5.29. The van der Waals surface area contributed by atoms with Crippen molar-refractivity contribution in [2.75, 3.05) is 32.8 Å². The molecule has 9 nitrogen and oxygen atoms in total. The first-order valence-corrected chi connectivity index (χ1v) is 11.0. The lowest BCUT2D eigenvalue weighted by molar-refractivity contribution is -0.138. The van der Waals surface area contributed by atoms with Gasteiger partial charge < -0.3 is 18.9 Å². The number of halogens is 3.